The molecule has 0 spiro atoms. The van der Waals surface area contributed by atoms with E-state index >= 15 is 0 Å². The summed E-state index contributed by atoms with van der Waals surface area (Å²) in [6.45, 7) is 0. The Morgan fingerprint density at radius 3 is 2.33 bits per heavy atom. The van der Waals surface area contributed by atoms with Crippen LogP contribution in [0.3, 0.4) is 0 Å². The SMILES string of the molecule is O=C(Nc1ccc(S(=O)(=O)C(F)F)cc1)[C@H]1C[C@@H]1[N+](=O)[O-]. The highest BCUT2D eigenvalue weighted by atomic mass is 32.2. The molecule has 21 heavy (non-hydrogen) atoms. The fourth-order valence-electron chi connectivity index (χ4n) is 1.76. The van der Waals surface area contributed by atoms with E-state index in [0.717, 1.165) is 24.3 Å². The summed E-state index contributed by atoms with van der Waals surface area (Å²) < 4.78 is 47.0. The molecule has 114 valence electrons. The van der Waals surface area contributed by atoms with Crippen molar-refractivity contribution in [2.75, 3.05) is 5.32 Å². The smallest absolute Gasteiger partial charge is 0.326 e. The number of amides is 1. The van der Waals surface area contributed by atoms with Gasteiger partial charge in [-0.25, -0.2) is 8.42 Å². The lowest BCUT2D eigenvalue weighted by molar-refractivity contribution is -0.497. The Balaban J connectivity index is 2.04. The van der Waals surface area contributed by atoms with Crippen LogP contribution in [-0.2, 0) is 14.6 Å². The first-order valence-electron chi connectivity index (χ1n) is 5.80. The molecule has 0 saturated heterocycles. The van der Waals surface area contributed by atoms with Gasteiger partial charge in [-0.1, -0.05) is 0 Å². The first-order valence-corrected chi connectivity index (χ1v) is 7.34. The lowest BCUT2D eigenvalue weighted by atomic mass is 10.3. The molecule has 1 amide bonds. The second-order valence-electron chi connectivity index (χ2n) is 4.51. The Hall–Kier alpha value is -2.10. The number of nitrogens with zero attached hydrogens (tertiary/aromatic N) is 1. The summed E-state index contributed by atoms with van der Waals surface area (Å²) in [5.41, 5.74) is 0.183. The van der Waals surface area contributed by atoms with Gasteiger partial charge in [0.25, 0.3) is 0 Å². The average Bonchev–Trinajstić information content (AvgIpc) is 3.19. The summed E-state index contributed by atoms with van der Waals surface area (Å²) in [5.74, 6) is -4.80. The highest BCUT2D eigenvalue weighted by molar-refractivity contribution is 7.91. The van der Waals surface area contributed by atoms with E-state index in [0.29, 0.717) is 0 Å². The predicted molar refractivity (Wildman–Crippen MR) is 67.2 cm³/mol. The van der Waals surface area contributed by atoms with Gasteiger partial charge < -0.3 is 5.32 Å². The van der Waals surface area contributed by atoms with E-state index in [-0.39, 0.29) is 12.1 Å². The minimum absolute atomic E-state index is 0.149. The van der Waals surface area contributed by atoms with Gasteiger partial charge in [0.05, 0.1) is 4.90 Å². The van der Waals surface area contributed by atoms with Crippen molar-refractivity contribution in [1.82, 2.24) is 0 Å². The second kappa shape index (κ2) is 5.35. The summed E-state index contributed by atoms with van der Waals surface area (Å²) in [5, 5.41) is 12.8. The lowest BCUT2D eigenvalue weighted by Crippen LogP contribution is -2.18. The molecule has 0 radical (unpaired) electrons. The van der Waals surface area contributed by atoms with Crippen LogP contribution in [0.15, 0.2) is 29.2 Å². The van der Waals surface area contributed by atoms with Gasteiger partial charge in [-0.15, -0.1) is 0 Å². The van der Waals surface area contributed by atoms with E-state index in [1.165, 1.54) is 0 Å². The molecule has 0 aromatic heterocycles. The maximum absolute atomic E-state index is 12.3. The average molecular weight is 320 g/mol. The monoisotopic (exact) mass is 320 g/mol. The highest BCUT2D eigenvalue weighted by Gasteiger charge is 2.53. The number of halogens is 2. The van der Waals surface area contributed by atoms with Crippen molar-refractivity contribution in [3.05, 3.63) is 34.4 Å². The van der Waals surface area contributed by atoms with Crippen molar-refractivity contribution in [3.8, 4) is 0 Å². The standard InChI is InChI=1S/C11H10F2N2O5S/c12-11(13)21(19,20)7-3-1-6(2-4-7)14-10(16)8-5-9(8)15(17)18/h1-4,8-9,11H,5H2,(H,14,16)/t8-,9-/m0/s1. The molecule has 1 aromatic rings. The number of rotatable bonds is 5. The Kier molecular flexibility index (Phi) is 3.90. The van der Waals surface area contributed by atoms with Gasteiger partial charge in [-0.05, 0) is 24.3 Å². The van der Waals surface area contributed by atoms with Gasteiger partial charge >= 0.3 is 5.76 Å². The first-order chi connectivity index (χ1) is 9.73. The molecule has 1 saturated carbocycles. The second-order valence-corrected chi connectivity index (χ2v) is 6.43. The predicted octanol–water partition coefficient (Wildman–Crippen LogP) is 1.29. The number of hydrogen-bond acceptors (Lipinski definition) is 5. The third-order valence-corrected chi connectivity index (χ3v) is 4.45. The zero-order chi connectivity index (χ0) is 15.8. The quantitative estimate of drug-likeness (QED) is 0.650. The molecule has 2 atom stereocenters. The van der Waals surface area contributed by atoms with Crippen LogP contribution in [0, 0.1) is 16.0 Å². The van der Waals surface area contributed by atoms with Crippen molar-refractivity contribution >= 4 is 21.4 Å². The van der Waals surface area contributed by atoms with Crippen molar-refractivity contribution in [3.63, 3.8) is 0 Å². The van der Waals surface area contributed by atoms with Gasteiger partial charge in [0.1, 0.15) is 5.92 Å². The molecular weight excluding hydrogens is 310 g/mol. The van der Waals surface area contributed by atoms with Gasteiger partial charge in [0.15, 0.2) is 0 Å². The number of hydrogen-bond donors (Lipinski definition) is 1. The Labute approximate surface area is 118 Å². The van der Waals surface area contributed by atoms with Crippen molar-refractivity contribution in [2.45, 2.75) is 23.1 Å². The van der Waals surface area contributed by atoms with Crippen LogP contribution >= 0.6 is 0 Å². The summed E-state index contributed by atoms with van der Waals surface area (Å²) >= 11 is 0. The molecule has 0 unspecified atom stereocenters. The molecule has 0 aliphatic heterocycles. The molecular formula is C11H10F2N2O5S. The van der Waals surface area contributed by atoms with E-state index < -0.39 is 43.3 Å². The fourth-order valence-corrected chi connectivity index (χ4v) is 2.48. The number of alkyl halides is 2. The van der Waals surface area contributed by atoms with Crippen LogP contribution in [0.2, 0.25) is 0 Å². The molecule has 7 nitrogen and oxygen atoms in total. The zero-order valence-corrected chi connectivity index (χ0v) is 11.2. The lowest BCUT2D eigenvalue weighted by Gasteiger charge is -2.06. The number of carbonyl (C=O) groups excluding carboxylic acids is 1. The van der Waals surface area contributed by atoms with Crippen LogP contribution in [0.25, 0.3) is 0 Å². The minimum atomic E-state index is -4.68. The summed E-state index contributed by atoms with van der Waals surface area (Å²) in [7, 11) is -4.68. The highest BCUT2D eigenvalue weighted by Crippen LogP contribution is 2.34. The van der Waals surface area contributed by atoms with Crippen LogP contribution in [0.1, 0.15) is 6.42 Å². The van der Waals surface area contributed by atoms with Crippen LogP contribution in [0.4, 0.5) is 14.5 Å². The first kappa shape index (κ1) is 15.3. The molecule has 1 N–H and O–H groups in total. The third-order valence-electron chi connectivity index (χ3n) is 3.05. The minimum Gasteiger partial charge on any atom is -0.326 e. The van der Waals surface area contributed by atoms with Crippen LogP contribution in [-0.4, -0.2) is 31.0 Å². The van der Waals surface area contributed by atoms with Gasteiger partial charge in [0.2, 0.25) is 21.8 Å². The largest absolute Gasteiger partial charge is 0.341 e. The van der Waals surface area contributed by atoms with Gasteiger partial charge in [-0.2, -0.15) is 8.78 Å². The molecule has 2 rings (SSSR count). The van der Waals surface area contributed by atoms with Crippen LogP contribution in [0.5, 0.6) is 0 Å². The number of nitrogens with one attached hydrogen (secondary N) is 1. The zero-order valence-electron chi connectivity index (χ0n) is 10.4. The summed E-state index contributed by atoms with van der Waals surface area (Å²) in [4.78, 5) is 21.0. The van der Waals surface area contributed by atoms with Crippen molar-refractivity contribution in [1.29, 1.82) is 0 Å². The number of benzene rings is 1. The maximum atomic E-state index is 12.3. The number of carbonyl (C=O) groups is 1. The molecule has 1 aliphatic carbocycles. The third kappa shape index (κ3) is 3.15. The molecule has 0 bridgehead atoms. The van der Waals surface area contributed by atoms with Gasteiger partial charge in [0, 0.05) is 17.0 Å². The topological polar surface area (TPSA) is 106 Å². The number of sulfone groups is 1. The molecule has 1 aromatic carbocycles. The van der Waals surface area contributed by atoms with Crippen molar-refractivity contribution in [2.24, 2.45) is 5.92 Å². The van der Waals surface area contributed by atoms with E-state index in [9.17, 15) is 32.1 Å². The Morgan fingerprint density at radius 1 is 1.33 bits per heavy atom. The molecule has 10 heteroatoms. The Bertz CT molecular complexity index is 674. The Morgan fingerprint density at radius 2 is 1.90 bits per heavy atom. The number of anilines is 1. The fraction of sp³-hybridized carbons (Fsp3) is 0.364. The van der Waals surface area contributed by atoms with E-state index in [1.807, 2.05) is 0 Å². The van der Waals surface area contributed by atoms with E-state index in [1.54, 1.807) is 0 Å². The van der Waals surface area contributed by atoms with E-state index in [2.05, 4.69) is 5.32 Å². The maximum Gasteiger partial charge on any atom is 0.341 e. The molecule has 0 heterocycles. The van der Waals surface area contributed by atoms with Crippen molar-refractivity contribution < 1.29 is 26.9 Å². The van der Waals surface area contributed by atoms with Crippen LogP contribution < -0.4 is 5.32 Å². The summed E-state index contributed by atoms with van der Waals surface area (Å²) in [6, 6.07) is 3.28. The summed E-state index contributed by atoms with van der Waals surface area (Å²) in [6.07, 6.45) is 0.149. The molecule has 1 fully saturated rings. The number of nitro groups is 1. The van der Waals surface area contributed by atoms with Gasteiger partial charge in [-0.3, -0.25) is 14.9 Å². The van der Waals surface area contributed by atoms with E-state index in [4.69, 9.17) is 0 Å². The molecule has 1 aliphatic rings. The normalized spacial score (nSPS) is 21.1.